The molecule has 9 heteroatoms. The molecule has 4 nitrogen and oxygen atoms in total. The SMILES string of the molecule is COc1ccc(Cl)c(NS(=O)(=O)c2cc(Cl)c(Br)s2)c1. The summed E-state index contributed by atoms with van der Waals surface area (Å²) in [6.07, 6.45) is 0. The first kappa shape index (κ1) is 15.9. The second kappa shape index (κ2) is 6.11. The number of hydrogen-bond acceptors (Lipinski definition) is 4. The highest BCUT2D eigenvalue weighted by Gasteiger charge is 2.20. The second-order valence-corrected chi connectivity index (χ2v) is 8.73. The van der Waals surface area contributed by atoms with Gasteiger partial charge in [-0.15, -0.1) is 11.3 Å². The van der Waals surface area contributed by atoms with Gasteiger partial charge in [-0.25, -0.2) is 8.42 Å². The molecule has 0 saturated carbocycles. The van der Waals surface area contributed by atoms with Gasteiger partial charge >= 0.3 is 0 Å². The Bertz CT molecular complexity index is 727. The first-order chi connectivity index (χ1) is 9.33. The second-order valence-electron chi connectivity index (χ2n) is 3.64. The van der Waals surface area contributed by atoms with Crippen LogP contribution in [0.1, 0.15) is 0 Å². The van der Waals surface area contributed by atoms with Crippen molar-refractivity contribution in [3.63, 3.8) is 0 Å². The number of benzene rings is 1. The molecule has 0 aliphatic rings. The molecule has 0 spiro atoms. The third-order valence-electron chi connectivity index (χ3n) is 2.31. The lowest BCUT2D eigenvalue weighted by molar-refractivity contribution is 0.415. The zero-order chi connectivity index (χ0) is 14.9. The molecule has 20 heavy (non-hydrogen) atoms. The summed E-state index contributed by atoms with van der Waals surface area (Å²) >= 11 is 16.0. The smallest absolute Gasteiger partial charge is 0.271 e. The van der Waals surface area contributed by atoms with E-state index < -0.39 is 10.0 Å². The molecule has 0 saturated heterocycles. The van der Waals surface area contributed by atoms with Gasteiger partial charge in [0.05, 0.1) is 26.6 Å². The zero-order valence-electron chi connectivity index (χ0n) is 9.98. The number of hydrogen-bond donors (Lipinski definition) is 1. The van der Waals surface area contributed by atoms with Crippen molar-refractivity contribution in [3.05, 3.63) is 38.1 Å². The molecule has 1 N–H and O–H groups in total. The summed E-state index contributed by atoms with van der Waals surface area (Å²) in [5, 5.41) is 0.614. The molecule has 0 amide bonds. The number of nitrogens with one attached hydrogen (secondary N) is 1. The van der Waals surface area contributed by atoms with E-state index in [1.165, 1.54) is 19.2 Å². The maximum atomic E-state index is 12.2. The van der Waals surface area contributed by atoms with Crippen LogP contribution >= 0.6 is 50.5 Å². The largest absolute Gasteiger partial charge is 0.497 e. The quantitative estimate of drug-likeness (QED) is 0.790. The molecule has 0 aliphatic heterocycles. The highest BCUT2D eigenvalue weighted by atomic mass is 79.9. The number of methoxy groups -OCH3 is 1. The van der Waals surface area contributed by atoms with Crippen LogP contribution in [0.2, 0.25) is 10.0 Å². The third-order valence-corrected chi connectivity index (χ3v) is 6.95. The number of anilines is 1. The Morgan fingerprint density at radius 1 is 1.25 bits per heavy atom. The molecule has 0 bridgehead atoms. The summed E-state index contributed by atoms with van der Waals surface area (Å²) in [6, 6.07) is 6.06. The minimum Gasteiger partial charge on any atom is -0.497 e. The molecule has 0 fully saturated rings. The predicted octanol–water partition coefficient (Wildman–Crippen LogP) is 4.63. The Balaban J connectivity index is 2.37. The van der Waals surface area contributed by atoms with Crippen LogP contribution in [0.15, 0.2) is 32.3 Å². The molecule has 0 aliphatic carbocycles. The lowest BCUT2D eigenvalue weighted by atomic mass is 10.3. The molecule has 2 aromatic rings. The van der Waals surface area contributed by atoms with Crippen molar-refractivity contribution in [2.24, 2.45) is 0 Å². The molecule has 2 rings (SSSR count). The van der Waals surface area contributed by atoms with Crippen molar-refractivity contribution < 1.29 is 13.2 Å². The molecule has 1 aromatic heterocycles. The number of halogens is 3. The highest BCUT2D eigenvalue weighted by Crippen LogP contribution is 2.36. The highest BCUT2D eigenvalue weighted by molar-refractivity contribution is 9.11. The van der Waals surface area contributed by atoms with Crippen LogP contribution in [0.3, 0.4) is 0 Å². The number of sulfonamides is 1. The Hall–Kier alpha value is -0.470. The van der Waals surface area contributed by atoms with Crippen LogP contribution in [0.25, 0.3) is 0 Å². The summed E-state index contributed by atoms with van der Waals surface area (Å²) in [6.45, 7) is 0. The number of ether oxygens (including phenoxy) is 1. The molecule has 0 unspecified atom stereocenters. The van der Waals surface area contributed by atoms with Gasteiger partial charge < -0.3 is 4.74 Å². The van der Waals surface area contributed by atoms with Gasteiger partial charge in [-0.05, 0) is 34.1 Å². The van der Waals surface area contributed by atoms with E-state index in [9.17, 15) is 8.42 Å². The van der Waals surface area contributed by atoms with E-state index in [0.29, 0.717) is 14.6 Å². The first-order valence-corrected chi connectivity index (χ1v) is 8.99. The van der Waals surface area contributed by atoms with E-state index in [1.54, 1.807) is 12.1 Å². The molecular formula is C11H8BrCl2NO3S2. The van der Waals surface area contributed by atoms with Crippen LogP contribution in [0.5, 0.6) is 5.75 Å². The Morgan fingerprint density at radius 3 is 2.50 bits per heavy atom. The Morgan fingerprint density at radius 2 is 1.95 bits per heavy atom. The normalized spacial score (nSPS) is 11.4. The fraction of sp³-hybridized carbons (Fsp3) is 0.0909. The van der Waals surface area contributed by atoms with E-state index in [1.807, 2.05) is 0 Å². The van der Waals surface area contributed by atoms with Crippen LogP contribution < -0.4 is 9.46 Å². The monoisotopic (exact) mass is 415 g/mol. The van der Waals surface area contributed by atoms with Gasteiger partial charge in [0.25, 0.3) is 10.0 Å². The van der Waals surface area contributed by atoms with Crippen LogP contribution in [-0.2, 0) is 10.0 Å². The van der Waals surface area contributed by atoms with E-state index in [-0.39, 0.29) is 14.9 Å². The van der Waals surface area contributed by atoms with Gasteiger partial charge in [0.1, 0.15) is 9.96 Å². The third kappa shape index (κ3) is 3.40. The van der Waals surface area contributed by atoms with Crippen molar-refractivity contribution in [2.75, 3.05) is 11.8 Å². The van der Waals surface area contributed by atoms with Crippen LogP contribution in [0.4, 0.5) is 5.69 Å². The van der Waals surface area contributed by atoms with E-state index in [2.05, 4.69) is 20.7 Å². The topological polar surface area (TPSA) is 55.4 Å². The summed E-state index contributed by atoms with van der Waals surface area (Å²) in [4.78, 5) is 0. The maximum absolute atomic E-state index is 12.2. The van der Waals surface area contributed by atoms with Crippen molar-refractivity contribution in [2.45, 2.75) is 4.21 Å². The van der Waals surface area contributed by atoms with Crippen molar-refractivity contribution >= 4 is 66.2 Å². The predicted molar refractivity (Wildman–Crippen MR) is 85.8 cm³/mol. The molecule has 1 aromatic carbocycles. The Labute approximate surface area is 138 Å². The fourth-order valence-corrected chi connectivity index (χ4v) is 5.05. The van der Waals surface area contributed by atoms with Gasteiger partial charge in [-0.1, -0.05) is 23.2 Å². The lowest BCUT2D eigenvalue weighted by Crippen LogP contribution is -2.11. The van der Waals surface area contributed by atoms with Gasteiger partial charge in [-0.2, -0.15) is 0 Å². The van der Waals surface area contributed by atoms with E-state index in [0.717, 1.165) is 11.3 Å². The summed E-state index contributed by atoms with van der Waals surface area (Å²) in [5.41, 5.74) is 0.242. The minimum absolute atomic E-state index is 0.0910. The van der Waals surface area contributed by atoms with Crippen molar-refractivity contribution in [1.29, 1.82) is 0 Å². The molecule has 0 atom stereocenters. The van der Waals surface area contributed by atoms with Crippen LogP contribution in [-0.4, -0.2) is 15.5 Å². The number of thiophene rings is 1. The van der Waals surface area contributed by atoms with Crippen molar-refractivity contribution in [1.82, 2.24) is 0 Å². The summed E-state index contributed by atoms with van der Waals surface area (Å²) < 4.78 is 32.6. The molecule has 108 valence electrons. The maximum Gasteiger partial charge on any atom is 0.271 e. The van der Waals surface area contributed by atoms with Gasteiger partial charge in [0.2, 0.25) is 0 Å². The zero-order valence-corrected chi connectivity index (χ0v) is 14.7. The molecule has 0 radical (unpaired) electrons. The van der Waals surface area contributed by atoms with Gasteiger partial charge in [0, 0.05) is 6.07 Å². The summed E-state index contributed by atoms with van der Waals surface area (Å²) in [7, 11) is -2.26. The fourth-order valence-electron chi connectivity index (χ4n) is 1.36. The number of rotatable bonds is 4. The molecule has 1 heterocycles. The van der Waals surface area contributed by atoms with Crippen molar-refractivity contribution in [3.8, 4) is 5.75 Å². The lowest BCUT2D eigenvalue weighted by Gasteiger charge is -2.09. The van der Waals surface area contributed by atoms with Gasteiger partial charge in [-0.3, -0.25) is 4.72 Å². The average molecular weight is 417 g/mol. The van der Waals surface area contributed by atoms with Gasteiger partial charge in [0.15, 0.2) is 0 Å². The average Bonchev–Trinajstić information content (AvgIpc) is 2.73. The van der Waals surface area contributed by atoms with Crippen LogP contribution in [0, 0.1) is 0 Å². The van der Waals surface area contributed by atoms with E-state index in [4.69, 9.17) is 27.9 Å². The first-order valence-electron chi connectivity index (χ1n) is 5.14. The minimum atomic E-state index is -3.75. The molecular weight excluding hydrogens is 409 g/mol. The Kier molecular flexibility index (Phi) is 4.86. The standard InChI is InChI=1S/C11H8BrCl2NO3S2/c1-18-6-2-3-7(13)9(4-6)15-20(16,17)10-5-8(14)11(12)19-10/h2-5,15H,1H3. The summed E-state index contributed by atoms with van der Waals surface area (Å²) in [5.74, 6) is 0.498. The van der Waals surface area contributed by atoms with E-state index >= 15 is 0 Å².